The van der Waals surface area contributed by atoms with Crippen LogP contribution in [-0.2, 0) is 6.42 Å². The first-order valence-corrected chi connectivity index (χ1v) is 7.89. The molecule has 0 spiro atoms. The fourth-order valence-corrected chi connectivity index (χ4v) is 3.18. The van der Waals surface area contributed by atoms with Crippen molar-refractivity contribution in [1.82, 2.24) is 9.55 Å². The molecule has 1 aromatic heterocycles. The van der Waals surface area contributed by atoms with Gasteiger partial charge in [-0.1, -0.05) is 35.3 Å². The lowest BCUT2D eigenvalue weighted by atomic mass is 10.2. The summed E-state index contributed by atoms with van der Waals surface area (Å²) in [6.07, 6.45) is 0.675. The van der Waals surface area contributed by atoms with Gasteiger partial charge in [0.05, 0.1) is 21.7 Å². The number of benzene rings is 2. The van der Waals surface area contributed by atoms with Crippen LogP contribution in [-0.4, -0.2) is 15.4 Å². The Morgan fingerprint density at radius 3 is 2.67 bits per heavy atom. The Balaban J connectivity index is 2.35. The van der Waals surface area contributed by atoms with Crippen LogP contribution in [0.1, 0.15) is 11.4 Å². The van der Waals surface area contributed by atoms with Crippen molar-refractivity contribution in [2.24, 2.45) is 0 Å². The Morgan fingerprint density at radius 1 is 1.14 bits per heavy atom. The van der Waals surface area contributed by atoms with Gasteiger partial charge in [0.25, 0.3) is 0 Å². The van der Waals surface area contributed by atoms with E-state index in [4.69, 9.17) is 39.8 Å². The SMILES string of the molecule is Cc1cccc2nc(CCCl)n(-c3ccc(Cl)cc3Cl)c12. The van der Waals surface area contributed by atoms with E-state index in [1.807, 2.05) is 24.3 Å². The molecule has 2 aromatic carbocycles. The number of alkyl halides is 1. The lowest BCUT2D eigenvalue weighted by molar-refractivity contribution is 0.911. The normalized spacial score (nSPS) is 11.2. The van der Waals surface area contributed by atoms with Crippen LogP contribution in [0.3, 0.4) is 0 Å². The van der Waals surface area contributed by atoms with Gasteiger partial charge in [0.1, 0.15) is 5.82 Å². The van der Waals surface area contributed by atoms with Crippen LogP contribution in [0, 0.1) is 6.92 Å². The molecule has 0 atom stereocenters. The molecule has 1 heterocycles. The van der Waals surface area contributed by atoms with Crippen LogP contribution < -0.4 is 0 Å². The Bertz CT molecular complexity index is 809. The summed E-state index contributed by atoms with van der Waals surface area (Å²) in [6.45, 7) is 2.06. The number of imidazole rings is 1. The predicted molar refractivity (Wildman–Crippen MR) is 90.3 cm³/mol. The second-order valence-electron chi connectivity index (χ2n) is 4.84. The molecule has 0 radical (unpaired) electrons. The zero-order valence-corrected chi connectivity index (χ0v) is 13.7. The third kappa shape index (κ3) is 2.64. The highest BCUT2D eigenvalue weighted by Gasteiger charge is 2.15. The van der Waals surface area contributed by atoms with Crippen molar-refractivity contribution in [3.8, 4) is 5.69 Å². The van der Waals surface area contributed by atoms with Gasteiger partial charge in [-0.25, -0.2) is 4.98 Å². The molecule has 21 heavy (non-hydrogen) atoms. The Labute approximate surface area is 138 Å². The molecule has 0 fully saturated rings. The fraction of sp³-hybridized carbons (Fsp3) is 0.188. The molecule has 108 valence electrons. The lowest BCUT2D eigenvalue weighted by Gasteiger charge is -2.12. The van der Waals surface area contributed by atoms with Crippen LogP contribution in [0.4, 0.5) is 0 Å². The van der Waals surface area contributed by atoms with Crippen molar-refractivity contribution < 1.29 is 0 Å². The Hall–Kier alpha value is -1.22. The van der Waals surface area contributed by atoms with E-state index in [-0.39, 0.29) is 0 Å². The molecule has 3 rings (SSSR count). The van der Waals surface area contributed by atoms with Crippen LogP contribution in [0.25, 0.3) is 16.7 Å². The largest absolute Gasteiger partial charge is 0.294 e. The van der Waals surface area contributed by atoms with Gasteiger partial charge in [-0.15, -0.1) is 11.6 Å². The van der Waals surface area contributed by atoms with E-state index in [9.17, 15) is 0 Å². The third-order valence-corrected chi connectivity index (χ3v) is 4.14. The van der Waals surface area contributed by atoms with Gasteiger partial charge < -0.3 is 0 Å². The molecule has 0 aliphatic rings. The summed E-state index contributed by atoms with van der Waals surface area (Å²) in [4.78, 5) is 4.69. The average molecular weight is 340 g/mol. The van der Waals surface area contributed by atoms with Gasteiger partial charge in [0.2, 0.25) is 0 Å². The van der Waals surface area contributed by atoms with E-state index < -0.39 is 0 Å². The number of aryl methyl sites for hydroxylation is 2. The molecular formula is C16H13Cl3N2. The van der Waals surface area contributed by atoms with E-state index in [0.717, 1.165) is 28.1 Å². The van der Waals surface area contributed by atoms with Crippen LogP contribution in [0.15, 0.2) is 36.4 Å². The molecule has 0 saturated carbocycles. The van der Waals surface area contributed by atoms with Crippen LogP contribution in [0.2, 0.25) is 10.0 Å². The molecular weight excluding hydrogens is 327 g/mol. The standard InChI is InChI=1S/C16H13Cl3N2/c1-10-3-2-4-13-16(10)21(15(20-13)7-8-17)14-6-5-11(18)9-12(14)19/h2-6,9H,7-8H2,1H3. The summed E-state index contributed by atoms with van der Waals surface area (Å²) in [7, 11) is 0. The molecule has 0 aliphatic heterocycles. The number of fused-ring (bicyclic) bond motifs is 1. The second-order valence-corrected chi connectivity index (χ2v) is 6.06. The molecule has 5 heteroatoms. The van der Waals surface area contributed by atoms with Crippen molar-refractivity contribution in [2.75, 3.05) is 5.88 Å². The minimum Gasteiger partial charge on any atom is -0.294 e. The summed E-state index contributed by atoms with van der Waals surface area (Å²) in [5, 5.41) is 1.21. The average Bonchev–Trinajstić information content (AvgIpc) is 2.79. The molecule has 3 aromatic rings. The smallest absolute Gasteiger partial charge is 0.115 e. The number of hydrogen-bond acceptors (Lipinski definition) is 1. The van der Waals surface area contributed by atoms with Gasteiger partial charge in [-0.2, -0.15) is 0 Å². The van der Waals surface area contributed by atoms with E-state index in [0.29, 0.717) is 22.3 Å². The number of rotatable bonds is 3. The van der Waals surface area contributed by atoms with Crippen molar-refractivity contribution >= 4 is 45.8 Å². The van der Waals surface area contributed by atoms with Crippen molar-refractivity contribution in [1.29, 1.82) is 0 Å². The minimum atomic E-state index is 0.508. The minimum absolute atomic E-state index is 0.508. The summed E-state index contributed by atoms with van der Waals surface area (Å²) in [5.41, 5.74) is 4.02. The van der Waals surface area contributed by atoms with Gasteiger partial charge >= 0.3 is 0 Å². The highest BCUT2D eigenvalue weighted by molar-refractivity contribution is 6.35. The number of para-hydroxylation sites is 1. The van der Waals surface area contributed by atoms with E-state index in [1.54, 1.807) is 6.07 Å². The number of hydrogen-bond donors (Lipinski definition) is 0. The maximum Gasteiger partial charge on any atom is 0.115 e. The highest BCUT2D eigenvalue weighted by atomic mass is 35.5. The molecule has 0 unspecified atom stereocenters. The zero-order chi connectivity index (χ0) is 15.0. The van der Waals surface area contributed by atoms with Crippen molar-refractivity contribution in [3.63, 3.8) is 0 Å². The molecule has 0 amide bonds. The highest BCUT2D eigenvalue weighted by Crippen LogP contribution is 2.30. The second kappa shape index (κ2) is 5.88. The molecule has 2 nitrogen and oxygen atoms in total. The van der Waals surface area contributed by atoms with Gasteiger partial charge in [0, 0.05) is 17.3 Å². The topological polar surface area (TPSA) is 17.8 Å². The first-order chi connectivity index (χ1) is 10.1. The summed E-state index contributed by atoms with van der Waals surface area (Å²) in [6, 6.07) is 11.6. The maximum absolute atomic E-state index is 6.38. The maximum atomic E-state index is 6.38. The van der Waals surface area contributed by atoms with E-state index >= 15 is 0 Å². The monoisotopic (exact) mass is 338 g/mol. The van der Waals surface area contributed by atoms with Gasteiger partial charge in [-0.05, 0) is 36.8 Å². The van der Waals surface area contributed by atoms with Gasteiger partial charge in [0.15, 0.2) is 0 Å². The summed E-state index contributed by atoms with van der Waals surface area (Å²) in [5.74, 6) is 1.41. The van der Waals surface area contributed by atoms with Crippen molar-refractivity contribution in [2.45, 2.75) is 13.3 Å². The molecule has 0 aliphatic carbocycles. The Kier molecular flexibility index (Phi) is 4.12. The molecule has 0 bridgehead atoms. The summed E-state index contributed by atoms with van der Waals surface area (Å²) >= 11 is 18.3. The molecule has 0 saturated heterocycles. The number of halogens is 3. The van der Waals surface area contributed by atoms with E-state index in [2.05, 4.69) is 17.6 Å². The van der Waals surface area contributed by atoms with Crippen LogP contribution >= 0.6 is 34.8 Å². The lowest BCUT2D eigenvalue weighted by Crippen LogP contribution is -2.03. The first kappa shape index (κ1) is 14.7. The van der Waals surface area contributed by atoms with Crippen molar-refractivity contribution in [3.05, 3.63) is 57.8 Å². The summed E-state index contributed by atoms with van der Waals surface area (Å²) < 4.78 is 2.08. The zero-order valence-electron chi connectivity index (χ0n) is 11.4. The van der Waals surface area contributed by atoms with E-state index in [1.165, 1.54) is 0 Å². The quantitative estimate of drug-likeness (QED) is 0.582. The van der Waals surface area contributed by atoms with Crippen LogP contribution in [0.5, 0.6) is 0 Å². The third-order valence-electron chi connectivity index (χ3n) is 3.42. The van der Waals surface area contributed by atoms with Gasteiger partial charge in [-0.3, -0.25) is 4.57 Å². The number of aromatic nitrogens is 2. The molecule has 0 N–H and O–H groups in total. The Morgan fingerprint density at radius 2 is 1.95 bits per heavy atom. The predicted octanol–water partition coefficient (Wildman–Crippen LogP) is 5.42. The first-order valence-electron chi connectivity index (χ1n) is 6.60. The number of nitrogens with zero attached hydrogens (tertiary/aromatic N) is 2. The fourth-order valence-electron chi connectivity index (χ4n) is 2.52.